The van der Waals surface area contributed by atoms with E-state index in [9.17, 15) is 0 Å². The van der Waals surface area contributed by atoms with E-state index in [2.05, 4.69) is 44.7 Å². The van der Waals surface area contributed by atoms with Gasteiger partial charge < -0.3 is 10.1 Å². The summed E-state index contributed by atoms with van der Waals surface area (Å²) in [6.45, 7) is 5.60. The van der Waals surface area contributed by atoms with Gasteiger partial charge in [0, 0.05) is 42.3 Å². The first kappa shape index (κ1) is 13.9. The smallest absolute Gasteiger partial charge is 0.150 e. The number of hydrogen-bond acceptors (Lipinski definition) is 6. The molecule has 0 radical (unpaired) electrons. The third kappa shape index (κ3) is 2.77. The molecule has 3 aromatic rings. The van der Waals surface area contributed by atoms with Gasteiger partial charge in [-0.15, -0.1) is 21.5 Å². The molecule has 0 saturated carbocycles. The van der Waals surface area contributed by atoms with E-state index in [1.54, 1.807) is 11.3 Å². The van der Waals surface area contributed by atoms with Gasteiger partial charge in [0.05, 0.1) is 17.9 Å². The molecule has 0 aliphatic carbocycles. The standard InChI is InChI=1S/C16H18N4OS/c1-2-4-13-12(3-1)16-14(22-13)11-15(18-19-16)17-5-6-20-7-9-21-10-8-20/h1-4,11H,5-10H2,(H,17,18). The maximum absolute atomic E-state index is 5.36. The molecule has 1 aromatic carbocycles. The zero-order valence-electron chi connectivity index (χ0n) is 12.3. The van der Waals surface area contributed by atoms with Crippen LogP contribution in [0.2, 0.25) is 0 Å². The van der Waals surface area contributed by atoms with E-state index in [-0.39, 0.29) is 0 Å². The minimum atomic E-state index is 0.841. The Morgan fingerprint density at radius 3 is 2.91 bits per heavy atom. The predicted octanol–water partition coefficient (Wildman–Crippen LogP) is 2.59. The largest absolute Gasteiger partial charge is 0.379 e. The minimum absolute atomic E-state index is 0.841. The number of nitrogens with one attached hydrogen (secondary N) is 1. The molecule has 5 nitrogen and oxygen atoms in total. The summed E-state index contributed by atoms with van der Waals surface area (Å²) < 4.78 is 7.80. The molecule has 0 bridgehead atoms. The Hall–Kier alpha value is -1.76. The molecule has 3 heterocycles. The highest BCUT2D eigenvalue weighted by Crippen LogP contribution is 2.32. The normalized spacial score (nSPS) is 16.4. The summed E-state index contributed by atoms with van der Waals surface area (Å²) in [6.07, 6.45) is 0. The number of ether oxygens (including phenoxy) is 1. The van der Waals surface area contributed by atoms with E-state index < -0.39 is 0 Å². The van der Waals surface area contributed by atoms with Crippen molar-refractivity contribution in [1.29, 1.82) is 0 Å². The molecule has 0 amide bonds. The number of nitrogens with zero attached hydrogens (tertiary/aromatic N) is 3. The number of rotatable bonds is 4. The van der Waals surface area contributed by atoms with E-state index in [4.69, 9.17) is 4.74 Å². The first-order valence-corrected chi connectivity index (χ1v) is 8.41. The van der Waals surface area contributed by atoms with Crippen LogP contribution >= 0.6 is 11.3 Å². The zero-order chi connectivity index (χ0) is 14.8. The van der Waals surface area contributed by atoms with Crippen LogP contribution in [0.3, 0.4) is 0 Å². The fraction of sp³-hybridized carbons (Fsp3) is 0.375. The summed E-state index contributed by atoms with van der Waals surface area (Å²) >= 11 is 1.77. The van der Waals surface area contributed by atoms with Gasteiger partial charge in [-0.1, -0.05) is 18.2 Å². The quantitative estimate of drug-likeness (QED) is 0.802. The van der Waals surface area contributed by atoms with Gasteiger partial charge in [-0.05, 0) is 6.07 Å². The van der Waals surface area contributed by atoms with Crippen molar-refractivity contribution in [2.75, 3.05) is 44.7 Å². The lowest BCUT2D eigenvalue weighted by Gasteiger charge is -2.26. The second-order valence-electron chi connectivity index (χ2n) is 5.42. The second kappa shape index (κ2) is 6.16. The van der Waals surface area contributed by atoms with E-state index in [1.165, 1.54) is 14.8 Å². The molecule has 0 unspecified atom stereocenters. The summed E-state index contributed by atoms with van der Waals surface area (Å²) in [7, 11) is 0. The van der Waals surface area contributed by atoms with Crippen LogP contribution in [0.1, 0.15) is 0 Å². The van der Waals surface area contributed by atoms with E-state index >= 15 is 0 Å². The van der Waals surface area contributed by atoms with Crippen molar-refractivity contribution in [3.05, 3.63) is 30.3 Å². The lowest BCUT2D eigenvalue weighted by atomic mass is 10.2. The van der Waals surface area contributed by atoms with Gasteiger partial charge in [0.15, 0.2) is 0 Å². The van der Waals surface area contributed by atoms with Crippen molar-refractivity contribution in [1.82, 2.24) is 15.1 Å². The van der Waals surface area contributed by atoms with Crippen LogP contribution in [0.15, 0.2) is 30.3 Å². The Morgan fingerprint density at radius 1 is 1.14 bits per heavy atom. The molecule has 114 valence electrons. The Balaban J connectivity index is 1.46. The van der Waals surface area contributed by atoms with Gasteiger partial charge in [-0.3, -0.25) is 4.90 Å². The zero-order valence-corrected chi connectivity index (χ0v) is 13.1. The number of morpholine rings is 1. The first-order chi connectivity index (χ1) is 10.9. The van der Waals surface area contributed by atoms with Gasteiger partial charge in [0.1, 0.15) is 11.3 Å². The van der Waals surface area contributed by atoms with Gasteiger partial charge in [0.25, 0.3) is 0 Å². The van der Waals surface area contributed by atoms with Crippen molar-refractivity contribution in [3.8, 4) is 0 Å². The maximum Gasteiger partial charge on any atom is 0.150 e. The molecule has 1 saturated heterocycles. The van der Waals surface area contributed by atoms with Crippen LogP contribution in [0.5, 0.6) is 0 Å². The summed E-state index contributed by atoms with van der Waals surface area (Å²) in [5.41, 5.74) is 0.999. The number of benzene rings is 1. The molecular formula is C16H18N4OS. The lowest BCUT2D eigenvalue weighted by molar-refractivity contribution is 0.0398. The SMILES string of the molecule is c1ccc2c(c1)sc1cc(NCCN3CCOCC3)nnc12. The van der Waals surface area contributed by atoms with Gasteiger partial charge >= 0.3 is 0 Å². The fourth-order valence-corrected chi connectivity index (χ4v) is 3.84. The number of hydrogen-bond donors (Lipinski definition) is 1. The summed E-state index contributed by atoms with van der Waals surface area (Å²) in [5.74, 6) is 0.854. The van der Waals surface area contributed by atoms with Crippen molar-refractivity contribution in [2.24, 2.45) is 0 Å². The van der Waals surface area contributed by atoms with Crippen LogP contribution in [-0.2, 0) is 4.74 Å². The summed E-state index contributed by atoms with van der Waals surface area (Å²) in [5, 5.41) is 13.3. The van der Waals surface area contributed by atoms with Crippen LogP contribution < -0.4 is 5.32 Å². The maximum atomic E-state index is 5.36. The lowest BCUT2D eigenvalue weighted by Crippen LogP contribution is -2.39. The summed E-state index contributed by atoms with van der Waals surface area (Å²) in [4.78, 5) is 2.40. The third-order valence-corrected chi connectivity index (χ3v) is 5.07. The topological polar surface area (TPSA) is 50.3 Å². The Morgan fingerprint density at radius 2 is 2.00 bits per heavy atom. The van der Waals surface area contributed by atoms with Gasteiger partial charge in [-0.2, -0.15) is 0 Å². The van der Waals surface area contributed by atoms with Crippen LogP contribution in [0, 0.1) is 0 Å². The molecule has 1 aliphatic rings. The van der Waals surface area contributed by atoms with E-state index in [0.717, 1.165) is 50.7 Å². The average molecular weight is 314 g/mol. The molecule has 22 heavy (non-hydrogen) atoms. The molecule has 1 fully saturated rings. The van der Waals surface area contributed by atoms with Crippen LogP contribution in [0.4, 0.5) is 5.82 Å². The van der Waals surface area contributed by atoms with E-state index in [1.807, 2.05) is 6.07 Å². The fourth-order valence-electron chi connectivity index (χ4n) is 2.76. The molecule has 2 aromatic heterocycles. The first-order valence-electron chi connectivity index (χ1n) is 7.59. The molecule has 0 spiro atoms. The Kier molecular flexibility index (Phi) is 3.88. The van der Waals surface area contributed by atoms with Crippen LogP contribution in [-0.4, -0.2) is 54.5 Å². The molecule has 0 atom stereocenters. The van der Waals surface area contributed by atoms with Crippen molar-refractivity contribution in [2.45, 2.75) is 0 Å². The van der Waals surface area contributed by atoms with Crippen molar-refractivity contribution < 1.29 is 4.74 Å². The number of fused-ring (bicyclic) bond motifs is 3. The Bertz CT molecular complexity index is 782. The predicted molar refractivity (Wildman–Crippen MR) is 90.7 cm³/mol. The molecule has 1 N–H and O–H groups in total. The van der Waals surface area contributed by atoms with Crippen molar-refractivity contribution >= 4 is 37.5 Å². The molecule has 1 aliphatic heterocycles. The minimum Gasteiger partial charge on any atom is -0.379 e. The third-order valence-electron chi connectivity index (χ3n) is 3.96. The van der Waals surface area contributed by atoms with Crippen molar-refractivity contribution in [3.63, 3.8) is 0 Å². The van der Waals surface area contributed by atoms with Crippen LogP contribution in [0.25, 0.3) is 20.3 Å². The second-order valence-corrected chi connectivity index (χ2v) is 6.51. The molecule has 6 heteroatoms. The number of thiophene rings is 1. The highest BCUT2D eigenvalue weighted by molar-refractivity contribution is 7.25. The highest BCUT2D eigenvalue weighted by Gasteiger charge is 2.10. The number of aromatic nitrogens is 2. The highest BCUT2D eigenvalue weighted by atomic mass is 32.1. The monoisotopic (exact) mass is 314 g/mol. The molecular weight excluding hydrogens is 296 g/mol. The van der Waals surface area contributed by atoms with E-state index in [0.29, 0.717) is 0 Å². The molecule has 4 rings (SSSR count). The van der Waals surface area contributed by atoms with Gasteiger partial charge in [0.2, 0.25) is 0 Å². The average Bonchev–Trinajstić information content (AvgIpc) is 2.93. The number of anilines is 1. The summed E-state index contributed by atoms with van der Waals surface area (Å²) in [6, 6.07) is 10.4. The Labute approximate surface area is 132 Å². The van der Waals surface area contributed by atoms with Gasteiger partial charge in [-0.25, -0.2) is 0 Å².